The molecule has 2 saturated carbocycles. The van der Waals surface area contributed by atoms with Gasteiger partial charge in [-0.05, 0) is 64.3 Å². The minimum Gasteiger partial charge on any atom is -0.338 e. The molecule has 1 aliphatic heterocycles. The lowest BCUT2D eigenvalue weighted by Gasteiger charge is -2.35. The van der Waals surface area contributed by atoms with E-state index < -0.39 is 0 Å². The Hall–Kier alpha value is -0.570. The zero-order valence-corrected chi connectivity index (χ0v) is 12.4. The van der Waals surface area contributed by atoms with Gasteiger partial charge >= 0.3 is 0 Å². The van der Waals surface area contributed by atoms with Crippen molar-refractivity contribution in [1.82, 2.24) is 10.2 Å². The third kappa shape index (κ3) is 2.96. The Morgan fingerprint density at radius 3 is 2.53 bits per heavy atom. The number of piperidine rings is 1. The van der Waals surface area contributed by atoms with Gasteiger partial charge in [0.15, 0.2) is 0 Å². The number of carbonyl (C=O) groups excluding carboxylic acids is 1. The van der Waals surface area contributed by atoms with Gasteiger partial charge < -0.3 is 10.2 Å². The van der Waals surface area contributed by atoms with Crippen molar-refractivity contribution in [3.8, 4) is 0 Å². The van der Waals surface area contributed by atoms with Gasteiger partial charge in [-0.25, -0.2) is 0 Å². The first-order valence-electron chi connectivity index (χ1n) is 8.19. The lowest BCUT2D eigenvalue weighted by Crippen LogP contribution is -2.49. The monoisotopic (exact) mass is 264 g/mol. The zero-order chi connectivity index (χ0) is 13.4. The zero-order valence-electron chi connectivity index (χ0n) is 12.4. The van der Waals surface area contributed by atoms with Crippen LogP contribution in [-0.4, -0.2) is 36.0 Å². The molecule has 3 nitrogen and oxygen atoms in total. The summed E-state index contributed by atoms with van der Waals surface area (Å²) in [6.45, 7) is 6.37. The van der Waals surface area contributed by atoms with Crippen molar-refractivity contribution in [3.63, 3.8) is 0 Å². The molecule has 3 fully saturated rings. The van der Waals surface area contributed by atoms with E-state index in [0.29, 0.717) is 23.9 Å². The molecule has 108 valence electrons. The molecule has 3 unspecified atom stereocenters. The highest BCUT2D eigenvalue weighted by molar-refractivity contribution is 5.79. The Morgan fingerprint density at radius 2 is 1.95 bits per heavy atom. The SMILES string of the molecule is CC(C)N(CC1CCCCN1)C(=O)C1CC2CC2C1. The lowest BCUT2D eigenvalue weighted by atomic mass is 9.99. The maximum absolute atomic E-state index is 12.7. The predicted octanol–water partition coefficient (Wildman–Crippen LogP) is 2.41. The van der Waals surface area contributed by atoms with Gasteiger partial charge in [0, 0.05) is 24.5 Å². The molecule has 3 atom stereocenters. The number of hydrogen-bond acceptors (Lipinski definition) is 2. The van der Waals surface area contributed by atoms with Crippen LogP contribution < -0.4 is 5.32 Å². The van der Waals surface area contributed by atoms with Gasteiger partial charge in [0.1, 0.15) is 0 Å². The molecule has 19 heavy (non-hydrogen) atoms. The van der Waals surface area contributed by atoms with E-state index in [0.717, 1.165) is 24.9 Å². The first kappa shape index (κ1) is 13.4. The summed E-state index contributed by atoms with van der Waals surface area (Å²) in [6.07, 6.45) is 7.57. The van der Waals surface area contributed by atoms with E-state index in [1.54, 1.807) is 0 Å². The standard InChI is InChI=1S/C16H28N2O/c1-11(2)18(10-15-5-3-4-6-17-15)16(19)14-8-12-7-13(12)9-14/h11-15,17H,3-10H2,1-2H3. The molecule has 0 aromatic carbocycles. The Bertz CT molecular complexity index is 326. The largest absolute Gasteiger partial charge is 0.338 e. The second-order valence-corrected chi connectivity index (χ2v) is 7.16. The maximum Gasteiger partial charge on any atom is 0.225 e. The van der Waals surface area contributed by atoms with Gasteiger partial charge in [-0.3, -0.25) is 4.79 Å². The van der Waals surface area contributed by atoms with Crippen LogP contribution in [0, 0.1) is 17.8 Å². The summed E-state index contributed by atoms with van der Waals surface area (Å²) >= 11 is 0. The fourth-order valence-corrected chi connectivity index (χ4v) is 4.02. The molecular weight excluding hydrogens is 236 g/mol. The van der Waals surface area contributed by atoms with Crippen molar-refractivity contribution < 1.29 is 4.79 Å². The summed E-state index contributed by atoms with van der Waals surface area (Å²) in [5, 5.41) is 3.57. The van der Waals surface area contributed by atoms with Crippen molar-refractivity contribution in [3.05, 3.63) is 0 Å². The molecule has 3 rings (SSSR count). The highest BCUT2D eigenvalue weighted by Gasteiger charge is 2.49. The molecular formula is C16H28N2O. The fraction of sp³-hybridized carbons (Fsp3) is 0.938. The molecule has 1 saturated heterocycles. The number of rotatable bonds is 4. The van der Waals surface area contributed by atoms with Crippen molar-refractivity contribution in [2.75, 3.05) is 13.1 Å². The van der Waals surface area contributed by atoms with Gasteiger partial charge in [0.05, 0.1) is 0 Å². The van der Waals surface area contributed by atoms with Crippen molar-refractivity contribution in [1.29, 1.82) is 0 Å². The molecule has 0 radical (unpaired) electrons. The molecule has 2 aliphatic carbocycles. The topological polar surface area (TPSA) is 32.3 Å². The Balaban J connectivity index is 1.57. The second-order valence-electron chi connectivity index (χ2n) is 7.16. The van der Waals surface area contributed by atoms with Gasteiger partial charge in [-0.15, -0.1) is 0 Å². The first-order valence-corrected chi connectivity index (χ1v) is 8.19. The van der Waals surface area contributed by atoms with Crippen LogP contribution in [0.1, 0.15) is 52.4 Å². The molecule has 1 amide bonds. The molecule has 0 bridgehead atoms. The molecule has 0 aromatic rings. The fourth-order valence-electron chi connectivity index (χ4n) is 4.02. The predicted molar refractivity (Wildman–Crippen MR) is 76.8 cm³/mol. The average molecular weight is 264 g/mol. The van der Waals surface area contributed by atoms with Gasteiger partial charge in [-0.1, -0.05) is 6.42 Å². The van der Waals surface area contributed by atoms with Crippen LogP contribution >= 0.6 is 0 Å². The first-order chi connectivity index (χ1) is 9.15. The van der Waals surface area contributed by atoms with E-state index in [4.69, 9.17) is 0 Å². The Labute approximate surface area is 117 Å². The third-order valence-electron chi connectivity index (χ3n) is 5.33. The second kappa shape index (κ2) is 5.43. The highest BCUT2D eigenvalue weighted by atomic mass is 16.2. The van der Waals surface area contributed by atoms with Crippen LogP contribution in [0.3, 0.4) is 0 Å². The summed E-state index contributed by atoms with van der Waals surface area (Å²) in [5.41, 5.74) is 0. The summed E-state index contributed by atoms with van der Waals surface area (Å²) < 4.78 is 0. The lowest BCUT2D eigenvalue weighted by molar-refractivity contribution is -0.137. The van der Waals surface area contributed by atoms with E-state index in [1.165, 1.54) is 38.5 Å². The van der Waals surface area contributed by atoms with Crippen molar-refractivity contribution in [2.45, 2.75) is 64.5 Å². The van der Waals surface area contributed by atoms with E-state index in [9.17, 15) is 4.79 Å². The van der Waals surface area contributed by atoms with Crippen LogP contribution in [0.15, 0.2) is 0 Å². The highest BCUT2D eigenvalue weighted by Crippen LogP contribution is 2.54. The average Bonchev–Trinajstić information content (AvgIpc) is 3.02. The molecule has 1 N–H and O–H groups in total. The normalized spacial score (nSPS) is 37.2. The number of fused-ring (bicyclic) bond motifs is 1. The summed E-state index contributed by atoms with van der Waals surface area (Å²) in [7, 11) is 0. The number of amides is 1. The third-order valence-corrected chi connectivity index (χ3v) is 5.33. The van der Waals surface area contributed by atoms with Crippen LogP contribution in [0.4, 0.5) is 0 Å². The van der Waals surface area contributed by atoms with E-state index in [-0.39, 0.29) is 0 Å². The van der Waals surface area contributed by atoms with Crippen LogP contribution in [-0.2, 0) is 4.79 Å². The quantitative estimate of drug-likeness (QED) is 0.845. The van der Waals surface area contributed by atoms with Crippen LogP contribution in [0.2, 0.25) is 0 Å². The van der Waals surface area contributed by atoms with E-state index in [2.05, 4.69) is 24.1 Å². The maximum atomic E-state index is 12.7. The summed E-state index contributed by atoms with van der Waals surface area (Å²) in [6, 6.07) is 0.865. The Kier molecular flexibility index (Phi) is 3.84. The minimum absolute atomic E-state index is 0.341. The number of nitrogens with zero attached hydrogens (tertiary/aromatic N) is 1. The Morgan fingerprint density at radius 1 is 1.21 bits per heavy atom. The molecule has 3 heteroatoms. The summed E-state index contributed by atoms with van der Waals surface area (Å²) in [4.78, 5) is 14.9. The van der Waals surface area contributed by atoms with Crippen LogP contribution in [0.25, 0.3) is 0 Å². The number of nitrogens with one attached hydrogen (secondary N) is 1. The molecule has 3 aliphatic rings. The molecule has 1 heterocycles. The molecule has 0 spiro atoms. The van der Waals surface area contributed by atoms with Crippen molar-refractivity contribution >= 4 is 5.91 Å². The van der Waals surface area contributed by atoms with Gasteiger partial charge in [0.2, 0.25) is 5.91 Å². The van der Waals surface area contributed by atoms with Crippen molar-refractivity contribution in [2.24, 2.45) is 17.8 Å². The van der Waals surface area contributed by atoms with Gasteiger partial charge in [0.25, 0.3) is 0 Å². The van der Waals surface area contributed by atoms with Gasteiger partial charge in [-0.2, -0.15) is 0 Å². The summed E-state index contributed by atoms with van der Waals surface area (Å²) in [5.74, 6) is 2.58. The van der Waals surface area contributed by atoms with E-state index in [1.807, 2.05) is 0 Å². The minimum atomic E-state index is 0.341. The molecule has 0 aromatic heterocycles. The smallest absolute Gasteiger partial charge is 0.225 e. The number of hydrogen-bond donors (Lipinski definition) is 1. The van der Waals surface area contributed by atoms with E-state index >= 15 is 0 Å². The van der Waals surface area contributed by atoms with Crippen LogP contribution in [0.5, 0.6) is 0 Å². The number of carbonyl (C=O) groups is 1.